The lowest BCUT2D eigenvalue weighted by Crippen LogP contribution is -2.32. The summed E-state index contributed by atoms with van der Waals surface area (Å²) in [7, 11) is -3.71. The Bertz CT molecular complexity index is 666. The monoisotopic (exact) mass is 379 g/mol. The first-order chi connectivity index (χ1) is 9.80. The highest BCUT2D eigenvalue weighted by Crippen LogP contribution is 2.37. The minimum Gasteiger partial charge on any atom is -0.501 e. The van der Waals surface area contributed by atoms with Gasteiger partial charge >= 0.3 is 0 Å². The van der Waals surface area contributed by atoms with Crippen LogP contribution in [0.4, 0.5) is 0 Å². The summed E-state index contributed by atoms with van der Waals surface area (Å²) < 4.78 is 36.1. The van der Waals surface area contributed by atoms with Crippen LogP contribution >= 0.6 is 15.9 Å². The van der Waals surface area contributed by atoms with Gasteiger partial charge in [-0.05, 0) is 25.5 Å². The number of carbonyl (C=O) groups is 1. The summed E-state index contributed by atoms with van der Waals surface area (Å²) in [5.74, 6) is -2.00. The molecule has 116 valence electrons. The SMILES string of the molecule is CC1(c2ccco2)OC(NS(=O)(=O)CCCBr)=C(O)C1=O. The molecule has 9 heteroatoms. The van der Waals surface area contributed by atoms with Gasteiger partial charge in [0.2, 0.25) is 27.3 Å². The third kappa shape index (κ3) is 3.08. The number of furan rings is 1. The van der Waals surface area contributed by atoms with Crippen LogP contribution in [0.3, 0.4) is 0 Å². The highest BCUT2D eigenvalue weighted by molar-refractivity contribution is 9.09. The van der Waals surface area contributed by atoms with Gasteiger partial charge in [-0.25, -0.2) is 8.42 Å². The third-order valence-corrected chi connectivity index (χ3v) is 4.84. The molecule has 2 heterocycles. The van der Waals surface area contributed by atoms with E-state index in [1.54, 1.807) is 6.07 Å². The molecule has 0 aromatic carbocycles. The van der Waals surface area contributed by atoms with Crippen molar-refractivity contribution < 1.29 is 27.5 Å². The summed E-state index contributed by atoms with van der Waals surface area (Å²) in [6.45, 7) is 1.39. The number of aliphatic hydroxyl groups is 1. The first-order valence-corrected chi connectivity index (χ1v) is 8.85. The standard InChI is InChI=1S/C12H14BrNO6S/c1-12(8-4-2-6-19-8)10(16)9(15)11(20-12)14-21(17,18)7-3-5-13/h2,4,6,14-15H,3,5,7H2,1H3. The van der Waals surface area contributed by atoms with Gasteiger partial charge in [0.25, 0.3) is 5.78 Å². The van der Waals surface area contributed by atoms with Crippen molar-refractivity contribution in [2.45, 2.75) is 18.9 Å². The van der Waals surface area contributed by atoms with E-state index < -0.39 is 33.0 Å². The Morgan fingerprint density at radius 1 is 1.48 bits per heavy atom. The van der Waals surface area contributed by atoms with Gasteiger partial charge in [0, 0.05) is 5.33 Å². The Kier molecular flexibility index (Phi) is 4.33. The molecule has 0 fully saturated rings. The average Bonchev–Trinajstić information content (AvgIpc) is 3.02. The van der Waals surface area contributed by atoms with Gasteiger partial charge in [-0.2, -0.15) is 0 Å². The van der Waals surface area contributed by atoms with Crippen LogP contribution in [-0.2, 0) is 25.2 Å². The van der Waals surface area contributed by atoms with Gasteiger partial charge in [-0.1, -0.05) is 15.9 Å². The molecule has 0 aliphatic carbocycles. The molecule has 1 aromatic rings. The minimum absolute atomic E-state index is 0.163. The summed E-state index contributed by atoms with van der Waals surface area (Å²) in [6.07, 6.45) is 1.74. The fourth-order valence-electron chi connectivity index (χ4n) is 1.85. The highest BCUT2D eigenvalue weighted by atomic mass is 79.9. The number of rotatable bonds is 6. The summed E-state index contributed by atoms with van der Waals surface area (Å²) in [4.78, 5) is 12.1. The van der Waals surface area contributed by atoms with E-state index in [0.29, 0.717) is 11.8 Å². The molecule has 0 bridgehead atoms. The van der Waals surface area contributed by atoms with Gasteiger partial charge in [-0.3, -0.25) is 9.52 Å². The Hall–Kier alpha value is -1.48. The maximum atomic E-state index is 12.1. The van der Waals surface area contributed by atoms with Gasteiger partial charge < -0.3 is 14.3 Å². The van der Waals surface area contributed by atoms with E-state index in [4.69, 9.17) is 9.15 Å². The van der Waals surface area contributed by atoms with Crippen molar-refractivity contribution in [2.24, 2.45) is 0 Å². The van der Waals surface area contributed by atoms with E-state index in [9.17, 15) is 18.3 Å². The molecule has 0 amide bonds. The maximum absolute atomic E-state index is 12.1. The number of ether oxygens (including phenoxy) is 1. The van der Waals surface area contributed by atoms with Gasteiger partial charge in [0.1, 0.15) is 0 Å². The predicted octanol–water partition coefficient (Wildman–Crippen LogP) is 1.53. The lowest BCUT2D eigenvalue weighted by atomic mass is 9.98. The summed E-state index contributed by atoms with van der Waals surface area (Å²) in [6, 6.07) is 3.07. The summed E-state index contributed by atoms with van der Waals surface area (Å²) in [5, 5.41) is 10.3. The van der Waals surface area contributed by atoms with Gasteiger partial charge in [0.05, 0.1) is 12.0 Å². The highest BCUT2D eigenvalue weighted by Gasteiger charge is 2.50. The number of nitrogens with one attached hydrogen (secondary N) is 1. The van der Waals surface area contributed by atoms with E-state index in [-0.39, 0.29) is 11.5 Å². The van der Waals surface area contributed by atoms with Crippen LogP contribution in [0.1, 0.15) is 19.1 Å². The summed E-state index contributed by atoms with van der Waals surface area (Å²) >= 11 is 3.13. The first kappa shape index (κ1) is 15.9. The van der Waals surface area contributed by atoms with Crippen molar-refractivity contribution in [2.75, 3.05) is 11.1 Å². The zero-order valence-corrected chi connectivity index (χ0v) is 13.5. The third-order valence-electron chi connectivity index (χ3n) is 2.96. The zero-order valence-electron chi connectivity index (χ0n) is 11.1. The number of alkyl halides is 1. The van der Waals surface area contributed by atoms with E-state index in [0.717, 1.165) is 0 Å². The quantitative estimate of drug-likeness (QED) is 0.725. The number of sulfonamides is 1. The number of Topliss-reactive ketones (excluding diaryl/α,β-unsaturated/α-hetero) is 1. The lowest BCUT2D eigenvalue weighted by Gasteiger charge is -2.20. The molecule has 0 spiro atoms. The topological polar surface area (TPSA) is 106 Å². The van der Waals surface area contributed by atoms with Crippen LogP contribution in [0.2, 0.25) is 0 Å². The Morgan fingerprint density at radius 3 is 2.76 bits per heavy atom. The summed E-state index contributed by atoms with van der Waals surface area (Å²) in [5.41, 5.74) is -1.58. The molecule has 2 N–H and O–H groups in total. The fourth-order valence-corrected chi connectivity index (χ4v) is 3.54. The van der Waals surface area contributed by atoms with E-state index in [1.807, 2.05) is 0 Å². The van der Waals surface area contributed by atoms with Crippen LogP contribution in [0.15, 0.2) is 34.5 Å². The van der Waals surface area contributed by atoms with Crippen LogP contribution in [0, 0.1) is 0 Å². The molecular formula is C12H14BrNO6S. The second-order valence-corrected chi connectivity index (χ2v) is 7.22. The van der Waals surface area contributed by atoms with Crippen LogP contribution in [0.25, 0.3) is 0 Å². The molecule has 0 saturated carbocycles. The fraction of sp³-hybridized carbons (Fsp3) is 0.417. The van der Waals surface area contributed by atoms with Gasteiger partial charge in [0.15, 0.2) is 5.76 Å². The van der Waals surface area contributed by atoms with Crippen molar-refractivity contribution >= 4 is 31.7 Å². The maximum Gasteiger partial charge on any atom is 0.253 e. The van der Waals surface area contributed by atoms with Crippen molar-refractivity contribution in [1.29, 1.82) is 0 Å². The van der Waals surface area contributed by atoms with E-state index >= 15 is 0 Å². The Morgan fingerprint density at radius 2 is 2.19 bits per heavy atom. The number of carbonyl (C=O) groups excluding carboxylic acids is 1. The van der Waals surface area contributed by atoms with Gasteiger partial charge in [-0.15, -0.1) is 0 Å². The Balaban J connectivity index is 2.21. The first-order valence-electron chi connectivity index (χ1n) is 6.07. The normalized spacial score (nSPS) is 22.5. The van der Waals surface area contributed by atoms with Crippen LogP contribution < -0.4 is 4.72 Å². The van der Waals surface area contributed by atoms with Crippen LogP contribution in [-0.4, -0.2) is 30.4 Å². The Labute approximate surface area is 130 Å². The predicted molar refractivity (Wildman–Crippen MR) is 77.1 cm³/mol. The molecule has 1 atom stereocenters. The van der Waals surface area contributed by atoms with Crippen molar-refractivity contribution in [3.8, 4) is 0 Å². The molecule has 2 rings (SSSR count). The van der Waals surface area contributed by atoms with Crippen molar-refractivity contribution in [3.63, 3.8) is 0 Å². The smallest absolute Gasteiger partial charge is 0.253 e. The average molecular weight is 380 g/mol. The van der Waals surface area contributed by atoms with E-state index in [1.165, 1.54) is 19.3 Å². The number of hydrogen-bond donors (Lipinski definition) is 2. The van der Waals surface area contributed by atoms with E-state index in [2.05, 4.69) is 20.7 Å². The number of hydrogen-bond acceptors (Lipinski definition) is 6. The molecule has 0 saturated heterocycles. The van der Waals surface area contributed by atoms with Crippen LogP contribution in [0.5, 0.6) is 0 Å². The number of ketones is 1. The molecule has 1 aromatic heterocycles. The molecule has 1 aliphatic rings. The zero-order chi connectivity index (χ0) is 15.7. The lowest BCUT2D eigenvalue weighted by molar-refractivity contribution is -0.133. The molecule has 1 unspecified atom stereocenters. The molecule has 0 radical (unpaired) electrons. The number of halogens is 1. The molecular weight excluding hydrogens is 366 g/mol. The molecule has 7 nitrogen and oxygen atoms in total. The second-order valence-electron chi connectivity index (χ2n) is 4.58. The second kappa shape index (κ2) is 5.72. The largest absolute Gasteiger partial charge is 0.501 e. The molecule has 1 aliphatic heterocycles. The molecule has 21 heavy (non-hydrogen) atoms. The number of aliphatic hydroxyl groups excluding tert-OH is 1. The van der Waals surface area contributed by atoms with Crippen molar-refractivity contribution in [3.05, 3.63) is 35.8 Å². The van der Waals surface area contributed by atoms with Crippen molar-refractivity contribution in [1.82, 2.24) is 4.72 Å². The minimum atomic E-state index is -3.71.